The van der Waals surface area contributed by atoms with Crippen LogP contribution in [0.15, 0.2) is 102 Å². The number of hydrogen-bond acceptors (Lipinski definition) is 4. The molecule has 0 fully saturated rings. The van der Waals surface area contributed by atoms with Crippen molar-refractivity contribution in [3.63, 3.8) is 0 Å². The molecule has 0 aliphatic carbocycles. The molecule has 1 aliphatic rings. The maximum Gasteiger partial charge on any atom is 0.264 e. The highest BCUT2D eigenvalue weighted by Gasteiger charge is 2.29. The lowest BCUT2D eigenvalue weighted by atomic mass is 10.0. The van der Waals surface area contributed by atoms with E-state index in [4.69, 9.17) is 4.74 Å². The van der Waals surface area contributed by atoms with Crippen molar-refractivity contribution in [2.24, 2.45) is 0 Å². The predicted molar refractivity (Wildman–Crippen MR) is 147 cm³/mol. The number of hydrogen-bond donors (Lipinski definition) is 1. The molecule has 0 radical (unpaired) electrons. The van der Waals surface area contributed by atoms with Crippen LogP contribution in [0.5, 0.6) is 5.75 Å². The fourth-order valence-corrected chi connectivity index (χ4v) is 6.14. The van der Waals surface area contributed by atoms with Crippen LogP contribution in [0.1, 0.15) is 17.5 Å². The summed E-state index contributed by atoms with van der Waals surface area (Å²) in [5.41, 5.74) is 5.37. The zero-order valence-corrected chi connectivity index (χ0v) is 21.4. The average Bonchev–Trinajstić information content (AvgIpc) is 2.93. The molecule has 0 aromatic heterocycles. The standard InChI is InChI=1S/C30H28N2O4S/c1-36-27-14-16-28(17-15-27)37(34,35)32-19-5-8-25-21-26(13-18-29(25)32)31-30(33)20-22-9-11-24(12-10-22)23-6-3-2-4-7-23/h2-4,6-7,9-18,21H,5,8,19-20H2,1H3,(H,31,33). The minimum Gasteiger partial charge on any atom is -0.497 e. The molecule has 37 heavy (non-hydrogen) atoms. The molecule has 0 saturated carbocycles. The summed E-state index contributed by atoms with van der Waals surface area (Å²) < 4.78 is 33.3. The Hall–Kier alpha value is -4.10. The van der Waals surface area contributed by atoms with Gasteiger partial charge in [-0.3, -0.25) is 9.10 Å². The van der Waals surface area contributed by atoms with Crippen molar-refractivity contribution in [1.29, 1.82) is 0 Å². The van der Waals surface area contributed by atoms with Crippen LogP contribution in [0.4, 0.5) is 11.4 Å². The summed E-state index contributed by atoms with van der Waals surface area (Å²) in [5.74, 6) is 0.483. The molecule has 1 heterocycles. The fourth-order valence-electron chi connectivity index (χ4n) is 4.60. The third-order valence-corrected chi connectivity index (χ3v) is 8.34. The van der Waals surface area contributed by atoms with Crippen LogP contribution in [-0.2, 0) is 27.7 Å². The van der Waals surface area contributed by atoms with E-state index in [2.05, 4.69) is 17.4 Å². The van der Waals surface area contributed by atoms with E-state index in [0.717, 1.165) is 28.7 Å². The minimum absolute atomic E-state index is 0.120. The molecular weight excluding hydrogens is 484 g/mol. The summed E-state index contributed by atoms with van der Waals surface area (Å²) in [6.45, 7) is 0.409. The van der Waals surface area contributed by atoms with Crippen molar-refractivity contribution in [2.45, 2.75) is 24.2 Å². The van der Waals surface area contributed by atoms with Crippen molar-refractivity contribution in [3.05, 3.63) is 108 Å². The molecule has 0 spiro atoms. The first-order chi connectivity index (χ1) is 17.9. The number of fused-ring (bicyclic) bond motifs is 1. The predicted octanol–water partition coefficient (Wildman–Crippen LogP) is 5.68. The number of methoxy groups -OCH3 is 1. The Balaban J connectivity index is 1.28. The van der Waals surface area contributed by atoms with Gasteiger partial charge in [-0.05, 0) is 77.6 Å². The van der Waals surface area contributed by atoms with Crippen molar-refractivity contribution in [2.75, 3.05) is 23.3 Å². The monoisotopic (exact) mass is 512 g/mol. The number of aryl methyl sites for hydroxylation is 1. The summed E-state index contributed by atoms with van der Waals surface area (Å²) in [5, 5.41) is 2.96. The van der Waals surface area contributed by atoms with Gasteiger partial charge in [-0.2, -0.15) is 0 Å². The Morgan fingerprint density at radius 1 is 0.892 bits per heavy atom. The summed E-state index contributed by atoms with van der Waals surface area (Å²) in [7, 11) is -2.17. The molecule has 5 rings (SSSR count). The normalized spacial score (nSPS) is 13.1. The van der Waals surface area contributed by atoms with E-state index in [1.807, 2.05) is 48.5 Å². The van der Waals surface area contributed by atoms with Gasteiger partial charge < -0.3 is 10.1 Å². The Labute approximate surface area is 217 Å². The van der Waals surface area contributed by atoms with Gasteiger partial charge in [0.1, 0.15) is 5.75 Å². The van der Waals surface area contributed by atoms with Gasteiger partial charge in [-0.15, -0.1) is 0 Å². The second kappa shape index (κ2) is 10.5. The zero-order valence-electron chi connectivity index (χ0n) is 20.6. The molecule has 7 heteroatoms. The molecular formula is C30H28N2O4S. The first-order valence-electron chi connectivity index (χ1n) is 12.2. The SMILES string of the molecule is COc1ccc(S(=O)(=O)N2CCCc3cc(NC(=O)Cc4ccc(-c5ccccc5)cc4)ccc32)cc1. The molecule has 0 unspecified atom stereocenters. The van der Waals surface area contributed by atoms with Crippen molar-refractivity contribution >= 4 is 27.3 Å². The second-order valence-corrected chi connectivity index (χ2v) is 10.8. The number of carbonyl (C=O) groups excluding carboxylic acids is 1. The first-order valence-corrected chi connectivity index (χ1v) is 13.6. The van der Waals surface area contributed by atoms with Crippen molar-refractivity contribution in [3.8, 4) is 16.9 Å². The van der Waals surface area contributed by atoms with E-state index < -0.39 is 10.0 Å². The Morgan fingerprint density at radius 2 is 1.59 bits per heavy atom. The average molecular weight is 513 g/mol. The van der Waals surface area contributed by atoms with Crippen LogP contribution in [0.25, 0.3) is 11.1 Å². The summed E-state index contributed by atoms with van der Waals surface area (Å²) in [4.78, 5) is 13.0. The van der Waals surface area contributed by atoms with Gasteiger partial charge in [0.25, 0.3) is 10.0 Å². The van der Waals surface area contributed by atoms with Crippen LogP contribution < -0.4 is 14.4 Å². The van der Waals surface area contributed by atoms with Gasteiger partial charge in [-0.1, -0.05) is 54.6 Å². The number of carbonyl (C=O) groups is 1. The highest BCUT2D eigenvalue weighted by molar-refractivity contribution is 7.92. The maximum absolute atomic E-state index is 13.3. The van der Waals surface area contributed by atoms with Crippen molar-refractivity contribution in [1.82, 2.24) is 0 Å². The molecule has 1 N–H and O–H groups in total. The van der Waals surface area contributed by atoms with E-state index in [9.17, 15) is 13.2 Å². The second-order valence-electron chi connectivity index (χ2n) is 8.99. The van der Waals surface area contributed by atoms with Gasteiger partial charge in [0.05, 0.1) is 24.1 Å². The number of rotatable bonds is 7. The molecule has 4 aromatic carbocycles. The number of nitrogens with zero attached hydrogens (tertiary/aromatic N) is 1. The zero-order chi connectivity index (χ0) is 25.8. The highest BCUT2D eigenvalue weighted by atomic mass is 32.2. The molecule has 1 aliphatic heterocycles. The summed E-state index contributed by atoms with van der Waals surface area (Å²) in [6.07, 6.45) is 1.70. The first kappa shape index (κ1) is 24.6. The van der Waals surface area contributed by atoms with Crippen LogP contribution in [0, 0.1) is 0 Å². The van der Waals surface area contributed by atoms with Gasteiger partial charge in [-0.25, -0.2) is 8.42 Å². The largest absolute Gasteiger partial charge is 0.497 e. The smallest absolute Gasteiger partial charge is 0.264 e. The lowest BCUT2D eigenvalue weighted by molar-refractivity contribution is -0.115. The summed E-state index contributed by atoms with van der Waals surface area (Å²) >= 11 is 0. The third-order valence-electron chi connectivity index (χ3n) is 6.51. The Bertz CT molecular complexity index is 1500. The molecule has 6 nitrogen and oxygen atoms in total. The number of benzene rings is 4. The Kier molecular flexibility index (Phi) is 6.97. The van der Waals surface area contributed by atoms with Crippen LogP contribution in [-0.4, -0.2) is 28.0 Å². The van der Waals surface area contributed by atoms with Crippen molar-refractivity contribution < 1.29 is 17.9 Å². The Morgan fingerprint density at radius 3 is 2.30 bits per heavy atom. The van der Waals surface area contributed by atoms with E-state index in [-0.39, 0.29) is 17.2 Å². The molecule has 0 saturated heterocycles. The van der Waals surface area contributed by atoms with Gasteiger partial charge in [0, 0.05) is 12.2 Å². The van der Waals surface area contributed by atoms with E-state index in [0.29, 0.717) is 30.1 Å². The van der Waals surface area contributed by atoms with E-state index in [1.54, 1.807) is 43.5 Å². The van der Waals surface area contributed by atoms with Gasteiger partial charge in [0.15, 0.2) is 0 Å². The third kappa shape index (κ3) is 5.37. The highest BCUT2D eigenvalue weighted by Crippen LogP contribution is 2.34. The number of amides is 1. The van der Waals surface area contributed by atoms with E-state index in [1.165, 1.54) is 4.31 Å². The van der Waals surface area contributed by atoms with E-state index >= 15 is 0 Å². The lowest BCUT2D eigenvalue weighted by Gasteiger charge is -2.31. The number of nitrogens with one attached hydrogen (secondary N) is 1. The quantitative estimate of drug-likeness (QED) is 0.345. The molecule has 188 valence electrons. The molecule has 0 bridgehead atoms. The van der Waals surface area contributed by atoms with Gasteiger partial charge in [0.2, 0.25) is 5.91 Å². The van der Waals surface area contributed by atoms with Crippen LogP contribution >= 0.6 is 0 Å². The van der Waals surface area contributed by atoms with Crippen LogP contribution in [0.2, 0.25) is 0 Å². The van der Waals surface area contributed by atoms with Gasteiger partial charge >= 0.3 is 0 Å². The minimum atomic E-state index is -3.71. The van der Waals surface area contributed by atoms with Crippen LogP contribution in [0.3, 0.4) is 0 Å². The molecule has 4 aromatic rings. The fraction of sp³-hybridized carbons (Fsp3) is 0.167. The number of anilines is 2. The lowest BCUT2D eigenvalue weighted by Crippen LogP contribution is -2.35. The maximum atomic E-state index is 13.3. The topological polar surface area (TPSA) is 75.7 Å². The number of sulfonamides is 1. The molecule has 1 amide bonds. The number of ether oxygens (including phenoxy) is 1. The molecule has 0 atom stereocenters. The summed E-state index contributed by atoms with van der Waals surface area (Å²) in [6, 6.07) is 29.9.